The minimum absolute atomic E-state index is 0.166. The topological polar surface area (TPSA) is 110 Å². The van der Waals surface area contributed by atoms with Crippen molar-refractivity contribution in [3.63, 3.8) is 0 Å². The van der Waals surface area contributed by atoms with Gasteiger partial charge in [0.05, 0.1) is 6.33 Å². The van der Waals surface area contributed by atoms with Gasteiger partial charge in [-0.1, -0.05) is 0 Å². The van der Waals surface area contributed by atoms with Gasteiger partial charge in [-0.2, -0.15) is 4.98 Å². The smallest absolute Gasteiger partial charge is 0.280 e. The van der Waals surface area contributed by atoms with Crippen LogP contribution in [0.4, 0.5) is 5.95 Å². The molecule has 0 aromatic carbocycles. The number of nitrogens with one attached hydrogen (secondary N) is 1. The van der Waals surface area contributed by atoms with E-state index in [0.29, 0.717) is 29.5 Å². The van der Waals surface area contributed by atoms with Gasteiger partial charge in [-0.3, -0.25) is 9.36 Å². The molecule has 0 aliphatic heterocycles. The number of anilines is 1. The minimum atomic E-state index is -0.200. The molecule has 1 saturated carbocycles. The fraction of sp³-hybridized carbons (Fsp3) is 0.500. The molecule has 7 heteroatoms. The van der Waals surface area contributed by atoms with Crippen molar-refractivity contribution in [2.45, 2.75) is 13.0 Å². The number of H-pyrrole nitrogens is 1. The Kier molecular flexibility index (Phi) is 2.15. The molecule has 0 amide bonds. The van der Waals surface area contributed by atoms with Gasteiger partial charge in [-0.15, -0.1) is 0 Å². The summed E-state index contributed by atoms with van der Waals surface area (Å²) in [5.41, 5.74) is 6.27. The van der Waals surface area contributed by atoms with Crippen LogP contribution in [0.5, 0.6) is 0 Å². The quantitative estimate of drug-likeness (QED) is 0.653. The van der Waals surface area contributed by atoms with Gasteiger partial charge in [0.15, 0.2) is 11.2 Å². The zero-order valence-corrected chi connectivity index (χ0v) is 9.13. The van der Waals surface area contributed by atoms with Gasteiger partial charge in [0.2, 0.25) is 5.95 Å². The fourth-order valence-electron chi connectivity index (χ4n) is 2.11. The first kappa shape index (κ1) is 10.3. The average Bonchev–Trinajstić information content (AvgIpc) is 2.91. The van der Waals surface area contributed by atoms with Crippen molar-refractivity contribution >= 4 is 17.1 Å². The molecule has 1 aliphatic carbocycles. The van der Waals surface area contributed by atoms with Crippen molar-refractivity contribution in [2.24, 2.45) is 11.8 Å². The molecule has 2 aromatic heterocycles. The summed E-state index contributed by atoms with van der Waals surface area (Å²) in [6.07, 6.45) is 2.36. The van der Waals surface area contributed by atoms with Crippen LogP contribution in [0, 0.1) is 11.8 Å². The largest absolute Gasteiger partial charge is 0.396 e. The maximum Gasteiger partial charge on any atom is 0.280 e. The Balaban J connectivity index is 2.01. The average molecular weight is 235 g/mol. The molecule has 0 saturated heterocycles. The highest BCUT2D eigenvalue weighted by Gasteiger charge is 2.37. The van der Waals surface area contributed by atoms with E-state index >= 15 is 0 Å². The first-order valence-corrected chi connectivity index (χ1v) is 5.51. The summed E-state index contributed by atoms with van der Waals surface area (Å²) in [6, 6.07) is 0. The number of fused-ring (bicyclic) bond motifs is 1. The maximum absolute atomic E-state index is 12.1. The molecular weight excluding hydrogens is 222 g/mol. The van der Waals surface area contributed by atoms with Crippen molar-refractivity contribution in [3.8, 4) is 0 Å². The van der Waals surface area contributed by atoms with Crippen LogP contribution in [-0.4, -0.2) is 31.2 Å². The van der Waals surface area contributed by atoms with Crippen molar-refractivity contribution in [2.75, 3.05) is 12.3 Å². The number of nitrogens with two attached hydrogens (primary N) is 1. The lowest BCUT2D eigenvalue weighted by molar-refractivity contribution is 0.266. The van der Waals surface area contributed by atoms with Crippen molar-refractivity contribution < 1.29 is 5.11 Å². The van der Waals surface area contributed by atoms with Crippen LogP contribution in [0.2, 0.25) is 0 Å². The van der Waals surface area contributed by atoms with Gasteiger partial charge in [0, 0.05) is 13.2 Å². The molecular formula is C10H13N5O2. The lowest BCUT2D eigenvalue weighted by Gasteiger charge is -2.07. The Labute approximate surface area is 96.3 Å². The van der Waals surface area contributed by atoms with E-state index in [1.165, 1.54) is 10.9 Å². The second-order valence-corrected chi connectivity index (χ2v) is 4.43. The Bertz CT molecular complexity index is 617. The predicted molar refractivity (Wildman–Crippen MR) is 61.2 cm³/mol. The van der Waals surface area contributed by atoms with Crippen LogP contribution in [0.25, 0.3) is 11.2 Å². The van der Waals surface area contributed by atoms with E-state index in [0.717, 1.165) is 6.42 Å². The summed E-state index contributed by atoms with van der Waals surface area (Å²) in [7, 11) is 0. The summed E-state index contributed by atoms with van der Waals surface area (Å²) >= 11 is 0. The van der Waals surface area contributed by atoms with E-state index in [2.05, 4.69) is 15.0 Å². The number of aromatic amines is 1. The Morgan fingerprint density at radius 1 is 1.59 bits per heavy atom. The predicted octanol–water partition coefficient (Wildman–Crippen LogP) is -0.670. The van der Waals surface area contributed by atoms with Crippen molar-refractivity contribution in [3.05, 3.63) is 16.7 Å². The second-order valence-electron chi connectivity index (χ2n) is 4.43. The lowest BCUT2D eigenvalue weighted by Crippen LogP contribution is -2.25. The van der Waals surface area contributed by atoms with Gasteiger partial charge in [-0.25, -0.2) is 4.98 Å². The van der Waals surface area contributed by atoms with Crippen LogP contribution in [0.3, 0.4) is 0 Å². The van der Waals surface area contributed by atoms with Crippen LogP contribution >= 0.6 is 0 Å². The summed E-state index contributed by atoms with van der Waals surface area (Å²) in [4.78, 5) is 22.8. The number of nitrogen functional groups attached to an aromatic ring is 1. The molecule has 0 spiro atoms. The zero-order valence-electron chi connectivity index (χ0n) is 9.13. The highest BCUT2D eigenvalue weighted by molar-refractivity contribution is 5.69. The Morgan fingerprint density at radius 3 is 3.12 bits per heavy atom. The summed E-state index contributed by atoms with van der Waals surface area (Å²) in [6.45, 7) is 0.677. The molecule has 2 unspecified atom stereocenters. The Hall–Kier alpha value is -1.89. The third kappa shape index (κ3) is 1.59. The van der Waals surface area contributed by atoms with Gasteiger partial charge in [0.1, 0.15) is 0 Å². The molecule has 1 aliphatic rings. The number of aliphatic hydroxyl groups is 1. The third-order valence-electron chi connectivity index (χ3n) is 3.30. The molecule has 4 N–H and O–H groups in total. The van der Waals surface area contributed by atoms with Crippen LogP contribution in [-0.2, 0) is 6.54 Å². The summed E-state index contributed by atoms with van der Waals surface area (Å²) < 4.78 is 1.45. The van der Waals surface area contributed by atoms with Crippen LogP contribution in [0.1, 0.15) is 6.42 Å². The maximum atomic E-state index is 12.1. The van der Waals surface area contributed by atoms with Gasteiger partial charge < -0.3 is 15.8 Å². The number of hydrogen-bond acceptors (Lipinski definition) is 5. The fourth-order valence-corrected chi connectivity index (χ4v) is 2.11. The number of hydrogen-bond donors (Lipinski definition) is 3. The Morgan fingerprint density at radius 2 is 2.41 bits per heavy atom. The molecule has 90 valence electrons. The van der Waals surface area contributed by atoms with E-state index in [4.69, 9.17) is 10.8 Å². The molecule has 2 aromatic rings. The normalized spacial score (nSPS) is 23.1. The minimum Gasteiger partial charge on any atom is -0.396 e. The number of rotatable bonds is 3. The van der Waals surface area contributed by atoms with E-state index in [1.54, 1.807) is 0 Å². The number of aliphatic hydroxyl groups excluding tert-OH is 1. The second kappa shape index (κ2) is 3.56. The van der Waals surface area contributed by atoms with Crippen molar-refractivity contribution in [1.82, 2.24) is 19.5 Å². The number of nitrogens with zero attached hydrogens (tertiary/aromatic N) is 3. The van der Waals surface area contributed by atoms with E-state index < -0.39 is 0 Å². The van der Waals surface area contributed by atoms with Crippen LogP contribution < -0.4 is 11.3 Å². The molecule has 0 bridgehead atoms. The summed E-state index contributed by atoms with van der Waals surface area (Å²) in [5.74, 6) is 0.791. The molecule has 1 fully saturated rings. The zero-order chi connectivity index (χ0) is 12.0. The number of imidazole rings is 1. The van der Waals surface area contributed by atoms with Gasteiger partial charge in [0.25, 0.3) is 5.56 Å². The molecule has 17 heavy (non-hydrogen) atoms. The number of aromatic nitrogens is 4. The molecule has 2 atom stereocenters. The standard InChI is InChI=1S/C10H13N5O2/c11-10-14-8-7(12-4-13-8)9(17)15(10)2-5-1-6(5)3-16/h4-6,16H,1-3H2,(H2,11,14)(H,12,13). The molecule has 0 radical (unpaired) electrons. The highest BCUT2D eigenvalue weighted by atomic mass is 16.3. The molecule has 3 rings (SSSR count). The van der Waals surface area contributed by atoms with Crippen LogP contribution in [0.15, 0.2) is 11.1 Å². The SMILES string of the molecule is Nc1nc2nc[nH]c2c(=O)n1CC1CC1CO. The first-order chi connectivity index (χ1) is 8.20. The van der Waals surface area contributed by atoms with Gasteiger partial charge in [-0.05, 0) is 18.3 Å². The van der Waals surface area contributed by atoms with Gasteiger partial charge >= 0.3 is 0 Å². The van der Waals surface area contributed by atoms with E-state index in [9.17, 15) is 4.79 Å². The summed E-state index contributed by atoms with van der Waals surface area (Å²) in [5, 5.41) is 8.98. The van der Waals surface area contributed by atoms with E-state index in [1.807, 2.05) is 0 Å². The van der Waals surface area contributed by atoms with E-state index in [-0.39, 0.29) is 18.1 Å². The third-order valence-corrected chi connectivity index (χ3v) is 3.30. The molecule has 7 nitrogen and oxygen atoms in total. The van der Waals surface area contributed by atoms with Crippen molar-refractivity contribution in [1.29, 1.82) is 0 Å². The molecule has 2 heterocycles. The monoisotopic (exact) mass is 235 g/mol. The lowest BCUT2D eigenvalue weighted by atomic mass is 10.3. The highest BCUT2D eigenvalue weighted by Crippen LogP contribution is 2.39. The first-order valence-electron chi connectivity index (χ1n) is 5.51.